The van der Waals surface area contributed by atoms with Crippen molar-refractivity contribution in [3.8, 4) is 0 Å². The van der Waals surface area contributed by atoms with Crippen LogP contribution >= 0.6 is 0 Å². The number of aliphatic hydroxyl groups excluding tert-OH is 1. The number of hydrogen-bond acceptors (Lipinski definition) is 6. The van der Waals surface area contributed by atoms with E-state index in [2.05, 4.69) is 16.7 Å². The van der Waals surface area contributed by atoms with E-state index in [9.17, 15) is 14.7 Å². The van der Waals surface area contributed by atoms with Crippen molar-refractivity contribution in [3.63, 3.8) is 0 Å². The Labute approximate surface area is 99.0 Å². The van der Waals surface area contributed by atoms with Crippen LogP contribution in [0, 0.1) is 0 Å². The molecule has 7 heteroatoms. The molecule has 1 amide bonds. The molecule has 96 valence electrons. The van der Waals surface area contributed by atoms with E-state index in [-0.39, 0.29) is 19.6 Å². The molecular weight excluding hydrogens is 228 g/mol. The standard InChI is InChI=1S/C10H16N2O5/c1-3-4-17-10(15)12-6-7(13)5-8(11-12)9(14)16-2/h3,7-8,11,13H,1,4-6H2,2H3/t7-,8-/m0/s1. The zero-order chi connectivity index (χ0) is 12.8. The molecule has 0 unspecified atom stereocenters. The summed E-state index contributed by atoms with van der Waals surface area (Å²) in [6.45, 7) is 3.53. The summed E-state index contributed by atoms with van der Waals surface area (Å²) in [7, 11) is 1.24. The topological polar surface area (TPSA) is 88.1 Å². The lowest BCUT2D eigenvalue weighted by molar-refractivity contribution is -0.147. The summed E-state index contributed by atoms with van der Waals surface area (Å²) in [6, 6.07) is -0.750. The van der Waals surface area contributed by atoms with Crippen LogP contribution in [0.25, 0.3) is 0 Å². The number of aliphatic hydroxyl groups is 1. The fraction of sp³-hybridized carbons (Fsp3) is 0.600. The van der Waals surface area contributed by atoms with Crippen molar-refractivity contribution < 1.29 is 24.2 Å². The lowest BCUT2D eigenvalue weighted by Gasteiger charge is -2.34. The number of nitrogens with one attached hydrogen (secondary N) is 1. The lowest BCUT2D eigenvalue weighted by Crippen LogP contribution is -2.59. The van der Waals surface area contributed by atoms with Gasteiger partial charge >= 0.3 is 12.1 Å². The largest absolute Gasteiger partial charge is 0.468 e. The molecule has 0 aromatic rings. The zero-order valence-corrected chi connectivity index (χ0v) is 9.59. The monoisotopic (exact) mass is 244 g/mol. The van der Waals surface area contributed by atoms with E-state index in [0.29, 0.717) is 0 Å². The van der Waals surface area contributed by atoms with E-state index in [1.54, 1.807) is 0 Å². The highest BCUT2D eigenvalue weighted by Gasteiger charge is 2.33. The van der Waals surface area contributed by atoms with Crippen LogP contribution in [0.3, 0.4) is 0 Å². The number of carbonyl (C=O) groups is 2. The predicted molar refractivity (Wildman–Crippen MR) is 57.8 cm³/mol. The van der Waals surface area contributed by atoms with Gasteiger partial charge in [0, 0.05) is 6.42 Å². The summed E-state index contributed by atoms with van der Waals surface area (Å²) in [6.07, 6.45) is 0.155. The van der Waals surface area contributed by atoms with E-state index in [1.807, 2.05) is 0 Å². The number of nitrogens with zero attached hydrogens (tertiary/aromatic N) is 1. The third kappa shape index (κ3) is 3.72. The fourth-order valence-electron chi connectivity index (χ4n) is 1.48. The Morgan fingerprint density at radius 3 is 2.94 bits per heavy atom. The van der Waals surface area contributed by atoms with Gasteiger partial charge in [0.1, 0.15) is 12.6 Å². The highest BCUT2D eigenvalue weighted by Crippen LogP contribution is 2.10. The maximum absolute atomic E-state index is 11.5. The predicted octanol–water partition coefficient (Wildman–Crippen LogP) is -0.578. The molecule has 0 radical (unpaired) electrons. The molecular formula is C10H16N2O5. The molecule has 0 spiro atoms. The molecule has 0 aromatic heterocycles. The van der Waals surface area contributed by atoms with E-state index in [4.69, 9.17) is 4.74 Å². The molecule has 1 aliphatic rings. The van der Waals surface area contributed by atoms with Crippen LogP contribution < -0.4 is 5.43 Å². The first-order valence-corrected chi connectivity index (χ1v) is 5.15. The highest BCUT2D eigenvalue weighted by atomic mass is 16.6. The van der Waals surface area contributed by atoms with Crippen LogP contribution in [0.15, 0.2) is 12.7 Å². The summed E-state index contributed by atoms with van der Waals surface area (Å²) in [5.41, 5.74) is 2.63. The van der Waals surface area contributed by atoms with Crippen molar-refractivity contribution in [2.75, 3.05) is 20.3 Å². The lowest BCUT2D eigenvalue weighted by atomic mass is 10.1. The minimum Gasteiger partial charge on any atom is -0.468 e. The molecule has 2 N–H and O–H groups in total. The van der Waals surface area contributed by atoms with Crippen LogP contribution in [0.4, 0.5) is 4.79 Å². The molecule has 1 rings (SSSR count). The first kappa shape index (κ1) is 13.5. The molecule has 17 heavy (non-hydrogen) atoms. The molecule has 1 heterocycles. The van der Waals surface area contributed by atoms with Crippen LogP contribution in [0.2, 0.25) is 0 Å². The zero-order valence-electron chi connectivity index (χ0n) is 9.59. The van der Waals surface area contributed by atoms with Crippen LogP contribution in [0.1, 0.15) is 6.42 Å². The average Bonchev–Trinajstić information content (AvgIpc) is 2.34. The summed E-state index contributed by atoms with van der Waals surface area (Å²) in [5, 5.41) is 10.6. The highest BCUT2D eigenvalue weighted by molar-refractivity contribution is 5.77. The second-order valence-corrected chi connectivity index (χ2v) is 3.57. The van der Waals surface area contributed by atoms with Gasteiger partial charge in [-0.3, -0.25) is 4.79 Å². The van der Waals surface area contributed by atoms with Crippen LogP contribution in [-0.2, 0) is 14.3 Å². The summed E-state index contributed by atoms with van der Waals surface area (Å²) >= 11 is 0. The number of ether oxygens (including phenoxy) is 2. The Balaban J connectivity index is 2.58. The second-order valence-electron chi connectivity index (χ2n) is 3.57. The Morgan fingerprint density at radius 1 is 1.65 bits per heavy atom. The number of hydrogen-bond donors (Lipinski definition) is 2. The minimum absolute atomic E-state index is 0.0590. The molecule has 0 bridgehead atoms. The summed E-state index contributed by atoms with van der Waals surface area (Å²) in [5.74, 6) is -0.537. The summed E-state index contributed by atoms with van der Waals surface area (Å²) in [4.78, 5) is 22.8. The van der Waals surface area contributed by atoms with Gasteiger partial charge in [-0.15, -0.1) is 0 Å². The van der Waals surface area contributed by atoms with Gasteiger partial charge in [0.05, 0.1) is 19.8 Å². The maximum Gasteiger partial charge on any atom is 0.424 e. The van der Waals surface area contributed by atoms with E-state index in [0.717, 1.165) is 5.01 Å². The maximum atomic E-state index is 11.5. The third-order valence-electron chi connectivity index (χ3n) is 2.24. The van der Waals surface area contributed by atoms with Crippen LogP contribution in [0.5, 0.6) is 0 Å². The molecule has 0 saturated carbocycles. The second kappa shape index (κ2) is 6.21. The SMILES string of the molecule is C=CCOC(=O)N1C[C@@H](O)C[C@@H](C(=O)OC)N1. The Bertz CT molecular complexity index is 307. The van der Waals surface area contributed by atoms with Crippen molar-refractivity contribution in [2.45, 2.75) is 18.6 Å². The first-order chi connectivity index (χ1) is 8.08. The number of methoxy groups -OCH3 is 1. The Morgan fingerprint density at radius 2 is 2.35 bits per heavy atom. The van der Waals surface area contributed by atoms with Gasteiger partial charge in [-0.05, 0) is 0 Å². The van der Waals surface area contributed by atoms with E-state index < -0.39 is 24.2 Å². The molecule has 7 nitrogen and oxygen atoms in total. The van der Waals surface area contributed by atoms with E-state index >= 15 is 0 Å². The number of rotatable bonds is 3. The van der Waals surface area contributed by atoms with Crippen LogP contribution in [-0.4, -0.2) is 54.6 Å². The molecule has 1 saturated heterocycles. The number of hydrazine groups is 1. The molecule has 0 aliphatic carbocycles. The quantitative estimate of drug-likeness (QED) is 0.510. The number of amides is 1. The van der Waals surface area contributed by atoms with Gasteiger partial charge in [-0.2, -0.15) is 0 Å². The molecule has 0 aromatic carbocycles. The van der Waals surface area contributed by atoms with Crippen molar-refractivity contribution in [1.82, 2.24) is 10.4 Å². The number of β-amino-alcohol motifs (C(OH)–C–C–N with tert-alkyl or cyclic N) is 1. The first-order valence-electron chi connectivity index (χ1n) is 5.15. The smallest absolute Gasteiger partial charge is 0.424 e. The van der Waals surface area contributed by atoms with Crippen molar-refractivity contribution in [2.24, 2.45) is 0 Å². The average molecular weight is 244 g/mol. The van der Waals surface area contributed by atoms with Crippen molar-refractivity contribution in [1.29, 1.82) is 0 Å². The Kier molecular flexibility index (Phi) is 4.92. The normalized spacial score (nSPS) is 24.0. The van der Waals surface area contributed by atoms with Gasteiger partial charge in [-0.25, -0.2) is 15.2 Å². The van der Waals surface area contributed by atoms with Gasteiger partial charge in [0.25, 0.3) is 0 Å². The van der Waals surface area contributed by atoms with E-state index in [1.165, 1.54) is 13.2 Å². The van der Waals surface area contributed by atoms with Gasteiger partial charge in [0.15, 0.2) is 0 Å². The third-order valence-corrected chi connectivity index (χ3v) is 2.24. The van der Waals surface area contributed by atoms with Gasteiger partial charge in [0.2, 0.25) is 0 Å². The number of carbonyl (C=O) groups excluding carboxylic acids is 2. The number of esters is 1. The fourth-order valence-corrected chi connectivity index (χ4v) is 1.48. The van der Waals surface area contributed by atoms with Crippen molar-refractivity contribution >= 4 is 12.1 Å². The van der Waals surface area contributed by atoms with Gasteiger partial charge < -0.3 is 14.6 Å². The van der Waals surface area contributed by atoms with Crippen molar-refractivity contribution in [3.05, 3.63) is 12.7 Å². The van der Waals surface area contributed by atoms with Gasteiger partial charge in [-0.1, -0.05) is 12.7 Å². The molecule has 1 aliphatic heterocycles. The molecule has 1 fully saturated rings. The minimum atomic E-state index is -0.795. The summed E-state index contributed by atoms with van der Waals surface area (Å²) < 4.78 is 9.32. The molecule has 2 atom stereocenters. The Hall–Kier alpha value is -1.60.